The predicted molar refractivity (Wildman–Crippen MR) is 75.9 cm³/mol. The number of hydrogen-bond acceptors (Lipinski definition) is 3. The van der Waals surface area contributed by atoms with E-state index in [0.717, 1.165) is 16.9 Å². The molecule has 2 aromatic rings. The number of nitriles is 1. The van der Waals surface area contributed by atoms with Crippen LogP contribution in [0, 0.1) is 17.1 Å². The summed E-state index contributed by atoms with van der Waals surface area (Å²) in [6.07, 6.45) is 0. The smallest absolute Gasteiger partial charge is 0.125 e. The van der Waals surface area contributed by atoms with Crippen LogP contribution in [0.25, 0.3) is 11.1 Å². The van der Waals surface area contributed by atoms with Gasteiger partial charge in [-0.3, -0.25) is 0 Å². The zero-order valence-electron chi connectivity index (χ0n) is 11.4. The number of halogens is 1. The molecule has 0 spiro atoms. The third-order valence-electron chi connectivity index (χ3n) is 3.01. The van der Waals surface area contributed by atoms with Gasteiger partial charge in [0.2, 0.25) is 0 Å². The Morgan fingerprint density at radius 1 is 1.20 bits per heavy atom. The Hall–Kier alpha value is -2.38. The van der Waals surface area contributed by atoms with Crippen LogP contribution in [0.2, 0.25) is 0 Å². The maximum Gasteiger partial charge on any atom is 0.125 e. The van der Waals surface area contributed by atoms with Crippen LogP contribution in [0.1, 0.15) is 11.1 Å². The summed E-state index contributed by atoms with van der Waals surface area (Å²) in [6.45, 7) is 0.650. The first-order valence-electron chi connectivity index (χ1n) is 6.20. The summed E-state index contributed by atoms with van der Waals surface area (Å²) in [6, 6.07) is 11.9. The Bertz CT molecular complexity index is 662. The zero-order chi connectivity index (χ0) is 14.5. The summed E-state index contributed by atoms with van der Waals surface area (Å²) >= 11 is 0. The van der Waals surface area contributed by atoms with E-state index in [1.165, 1.54) is 12.1 Å². The molecule has 0 unspecified atom stereocenters. The normalized spacial score (nSPS) is 10.1. The number of methoxy groups -OCH3 is 1. The molecule has 0 saturated heterocycles. The predicted octanol–water partition coefficient (Wildman–Crippen LogP) is 3.09. The van der Waals surface area contributed by atoms with Gasteiger partial charge in [-0.2, -0.15) is 5.26 Å². The molecule has 0 aliphatic heterocycles. The Kier molecular flexibility index (Phi) is 4.34. The van der Waals surface area contributed by atoms with Crippen LogP contribution in [0.5, 0.6) is 5.75 Å². The minimum absolute atomic E-state index is 0.311. The van der Waals surface area contributed by atoms with Crippen LogP contribution >= 0.6 is 0 Å². The van der Waals surface area contributed by atoms with Crippen LogP contribution in [0.4, 0.5) is 4.39 Å². The van der Waals surface area contributed by atoms with E-state index >= 15 is 0 Å². The zero-order valence-corrected chi connectivity index (χ0v) is 11.4. The van der Waals surface area contributed by atoms with Gasteiger partial charge in [0.25, 0.3) is 0 Å². The summed E-state index contributed by atoms with van der Waals surface area (Å²) in [5.41, 5.74) is 2.83. The monoisotopic (exact) mass is 270 g/mol. The van der Waals surface area contributed by atoms with Crippen molar-refractivity contribution < 1.29 is 9.13 Å². The molecule has 0 aliphatic carbocycles. The number of ether oxygens (including phenoxy) is 1. The average Bonchev–Trinajstić information content (AvgIpc) is 2.46. The maximum atomic E-state index is 13.5. The first-order valence-corrected chi connectivity index (χ1v) is 6.20. The van der Waals surface area contributed by atoms with Crippen LogP contribution in [-0.2, 0) is 6.54 Å². The second-order valence-electron chi connectivity index (χ2n) is 4.40. The summed E-state index contributed by atoms with van der Waals surface area (Å²) in [5, 5.41) is 12.0. The SMILES string of the molecule is CNCc1cc(-c2cc(F)cc(C#N)c2)ccc1OC. The van der Waals surface area contributed by atoms with Gasteiger partial charge in [-0.1, -0.05) is 6.07 Å². The fourth-order valence-electron chi connectivity index (χ4n) is 2.11. The lowest BCUT2D eigenvalue weighted by molar-refractivity contribution is 0.408. The summed E-state index contributed by atoms with van der Waals surface area (Å²) in [5.74, 6) is 0.366. The van der Waals surface area contributed by atoms with E-state index in [1.54, 1.807) is 13.2 Å². The molecule has 2 aromatic carbocycles. The van der Waals surface area contributed by atoms with Crippen molar-refractivity contribution in [2.75, 3.05) is 14.2 Å². The molecule has 3 nitrogen and oxygen atoms in total. The van der Waals surface area contributed by atoms with Crippen molar-refractivity contribution in [3.8, 4) is 22.9 Å². The highest BCUT2D eigenvalue weighted by Gasteiger charge is 2.07. The Morgan fingerprint density at radius 3 is 2.65 bits per heavy atom. The van der Waals surface area contributed by atoms with E-state index in [0.29, 0.717) is 17.7 Å². The number of nitrogens with one attached hydrogen (secondary N) is 1. The highest BCUT2D eigenvalue weighted by molar-refractivity contribution is 5.67. The van der Waals surface area contributed by atoms with Crippen molar-refractivity contribution in [1.82, 2.24) is 5.32 Å². The van der Waals surface area contributed by atoms with E-state index in [-0.39, 0.29) is 0 Å². The summed E-state index contributed by atoms with van der Waals surface area (Å²) < 4.78 is 18.8. The van der Waals surface area contributed by atoms with Crippen molar-refractivity contribution in [3.05, 3.63) is 53.3 Å². The second kappa shape index (κ2) is 6.18. The third-order valence-corrected chi connectivity index (χ3v) is 3.01. The first-order chi connectivity index (χ1) is 9.67. The van der Waals surface area contributed by atoms with Gasteiger partial charge in [-0.05, 0) is 48.5 Å². The number of rotatable bonds is 4. The van der Waals surface area contributed by atoms with Crippen molar-refractivity contribution in [1.29, 1.82) is 5.26 Å². The van der Waals surface area contributed by atoms with Gasteiger partial charge in [-0.25, -0.2) is 4.39 Å². The first kappa shape index (κ1) is 14.0. The topological polar surface area (TPSA) is 45.0 Å². The molecule has 4 heteroatoms. The van der Waals surface area contributed by atoms with Crippen molar-refractivity contribution in [2.24, 2.45) is 0 Å². The molecular formula is C16H15FN2O. The van der Waals surface area contributed by atoms with Crippen LogP contribution in [0.3, 0.4) is 0 Å². The van der Waals surface area contributed by atoms with Crippen LogP contribution in [0.15, 0.2) is 36.4 Å². The maximum absolute atomic E-state index is 13.5. The van der Waals surface area contributed by atoms with E-state index < -0.39 is 5.82 Å². The van der Waals surface area contributed by atoms with Crippen LogP contribution in [-0.4, -0.2) is 14.2 Å². The molecule has 0 amide bonds. The van der Waals surface area contributed by atoms with E-state index in [1.807, 2.05) is 31.3 Å². The molecule has 1 N–H and O–H groups in total. The van der Waals surface area contributed by atoms with E-state index in [4.69, 9.17) is 10.00 Å². The van der Waals surface area contributed by atoms with Crippen molar-refractivity contribution >= 4 is 0 Å². The van der Waals surface area contributed by atoms with Gasteiger partial charge in [-0.15, -0.1) is 0 Å². The molecule has 2 rings (SSSR count). The molecule has 0 fully saturated rings. The highest BCUT2D eigenvalue weighted by Crippen LogP contribution is 2.27. The molecule has 0 saturated carbocycles. The molecule has 20 heavy (non-hydrogen) atoms. The van der Waals surface area contributed by atoms with E-state index in [9.17, 15) is 4.39 Å². The molecule has 0 radical (unpaired) electrons. The Balaban J connectivity index is 2.50. The molecule has 0 atom stereocenters. The van der Waals surface area contributed by atoms with Gasteiger partial charge in [0.1, 0.15) is 11.6 Å². The molecule has 102 valence electrons. The Labute approximate surface area is 117 Å². The molecule has 0 heterocycles. The number of hydrogen-bond donors (Lipinski definition) is 1. The molecule has 0 bridgehead atoms. The summed E-state index contributed by atoms with van der Waals surface area (Å²) in [7, 11) is 3.46. The van der Waals surface area contributed by atoms with Gasteiger partial charge >= 0.3 is 0 Å². The van der Waals surface area contributed by atoms with Crippen molar-refractivity contribution in [3.63, 3.8) is 0 Å². The minimum Gasteiger partial charge on any atom is -0.496 e. The molecule has 0 aliphatic rings. The van der Waals surface area contributed by atoms with Gasteiger partial charge in [0, 0.05) is 12.1 Å². The lowest BCUT2D eigenvalue weighted by Crippen LogP contribution is -2.06. The lowest BCUT2D eigenvalue weighted by atomic mass is 10.0. The van der Waals surface area contributed by atoms with Crippen LogP contribution < -0.4 is 10.1 Å². The lowest BCUT2D eigenvalue weighted by Gasteiger charge is -2.11. The van der Waals surface area contributed by atoms with Crippen molar-refractivity contribution in [2.45, 2.75) is 6.54 Å². The largest absolute Gasteiger partial charge is 0.496 e. The van der Waals surface area contributed by atoms with Gasteiger partial charge in [0.05, 0.1) is 18.7 Å². The minimum atomic E-state index is -0.412. The fraction of sp³-hybridized carbons (Fsp3) is 0.188. The third kappa shape index (κ3) is 2.95. The average molecular weight is 270 g/mol. The quantitative estimate of drug-likeness (QED) is 0.928. The fourth-order valence-corrected chi connectivity index (χ4v) is 2.11. The second-order valence-corrected chi connectivity index (χ2v) is 4.40. The van der Waals surface area contributed by atoms with Gasteiger partial charge < -0.3 is 10.1 Å². The van der Waals surface area contributed by atoms with Gasteiger partial charge in [0.15, 0.2) is 0 Å². The highest BCUT2D eigenvalue weighted by atomic mass is 19.1. The van der Waals surface area contributed by atoms with E-state index in [2.05, 4.69) is 5.32 Å². The number of benzene rings is 2. The Morgan fingerprint density at radius 2 is 2.00 bits per heavy atom. The summed E-state index contributed by atoms with van der Waals surface area (Å²) in [4.78, 5) is 0. The molecular weight excluding hydrogens is 255 g/mol. The molecule has 0 aromatic heterocycles. The number of nitrogens with zero attached hydrogens (tertiary/aromatic N) is 1. The standard InChI is InChI=1S/C16H15FN2O/c1-19-10-14-7-12(3-4-16(14)20-2)13-5-11(9-18)6-15(17)8-13/h3-8,19H,10H2,1-2H3.